The largest absolute Gasteiger partial charge is 0.478 e. The number of para-hydroxylation sites is 3. The molecule has 29 heavy (non-hydrogen) atoms. The molecule has 146 valence electrons. The van der Waals surface area contributed by atoms with Gasteiger partial charge in [-0.3, -0.25) is 4.79 Å². The molecule has 0 saturated carbocycles. The van der Waals surface area contributed by atoms with E-state index in [0.717, 1.165) is 22.2 Å². The second-order valence-electron chi connectivity index (χ2n) is 7.34. The first kappa shape index (κ1) is 18.7. The third-order valence-corrected chi connectivity index (χ3v) is 4.77. The molecule has 1 amide bonds. The number of amides is 1. The predicted octanol–water partition coefficient (Wildman–Crippen LogP) is 5.60. The minimum atomic E-state index is -1.04. The first-order valence-corrected chi connectivity index (χ1v) is 9.45. The van der Waals surface area contributed by atoms with E-state index in [4.69, 9.17) is 9.15 Å². The van der Waals surface area contributed by atoms with E-state index in [1.165, 1.54) is 0 Å². The number of ether oxygens (including phenoxy) is 1. The van der Waals surface area contributed by atoms with Crippen molar-refractivity contribution in [2.45, 2.75) is 26.4 Å². The van der Waals surface area contributed by atoms with Crippen LogP contribution in [0.3, 0.4) is 0 Å². The van der Waals surface area contributed by atoms with Crippen molar-refractivity contribution < 1.29 is 13.9 Å². The Kier molecular flexibility index (Phi) is 4.80. The zero-order valence-corrected chi connectivity index (χ0v) is 16.6. The van der Waals surface area contributed by atoms with Crippen LogP contribution in [0.2, 0.25) is 0 Å². The maximum Gasteiger partial charge on any atom is 0.267 e. The summed E-state index contributed by atoms with van der Waals surface area (Å²) in [5.74, 6) is 0.934. The normalized spacial score (nSPS) is 11.4. The Hall–Kier alpha value is -3.60. The molecule has 1 N–H and O–H groups in total. The van der Waals surface area contributed by atoms with E-state index in [1.807, 2.05) is 79.7 Å². The average molecular weight is 386 g/mol. The third kappa shape index (κ3) is 3.85. The minimum absolute atomic E-state index is 0.237. The van der Waals surface area contributed by atoms with E-state index in [9.17, 15) is 4.79 Å². The lowest BCUT2D eigenvalue weighted by Gasteiger charge is -2.26. The molecule has 5 heteroatoms. The molecule has 0 spiro atoms. The summed E-state index contributed by atoms with van der Waals surface area (Å²) in [5.41, 5.74) is 2.90. The van der Waals surface area contributed by atoms with Gasteiger partial charge in [0.05, 0.1) is 0 Å². The van der Waals surface area contributed by atoms with Crippen LogP contribution in [0.5, 0.6) is 5.75 Å². The van der Waals surface area contributed by atoms with Gasteiger partial charge in [0.25, 0.3) is 5.91 Å². The van der Waals surface area contributed by atoms with Gasteiger partial charge in [-0.2, -0.15) is 0 Å². The average Bonchev–Trinajstić information content (AvgIpc) is 3.14. The molecule has 0 radical (unpaired) electrons. The summed E-state index contributed by atoms with van der Waals surface area (Å²) in [6, 6.07) is 22.6. The topological polar surface area (TPSA) is 64.4 Å². The Morgan fingerprint density at radius 1 is 0.966 bits per heavy atom. The fourth-order valence-electron chi connectivity index (χ4n) is 3.09. The number of aromatic nitrogens is 1. The van der Waals surface area contributed by atoms with Crippen molar-refractivity contribution in [1.29, 1.82) is 0 Å². The molecule has 0 fully saturated rings. The lowest BCUT2D eigenvalue weighted by atomic mass is 10.0. The highest BCUT2D eigenvalue weighted by Gasteiger charge is 2.30. The third-order valence-electron chi connectivity index (χ3n) is 4.77. The zero-order chi connectivity index (χ0) is 20.4. The molecule has 1 heterocycles. The highest BCUT2D eigenvalue weighted by atomic mass is 16.5. The van der Waals surface area contributed by atoms with Crippen LogP contribution in [0.1, 0.15) is 19.4 Å². The molecule has 5 nitrogen and oxygen atoms in total. The van der Waals surface area contributed by atoms with Crippen LogP contribution in [-0.2, 0) is 4.79 Å². The molecule has 0 saturated heterocycles. The number of carbonyl (C=O) groups excluding carboxylic acids is 1. The first-order chi connectivity index (χ1) is 13.9. The van der Waals surface area contributed by atoms with Crippen LogP contribution in [0.4, 0.5) is 5.69 Å². The number of anilines is 1. The number of nitrogens with zero attached hydrogens (tertiary/aromatic N) is 1. The number of oxazole rings is 1. The quantitative estimate of drug-likeness (QED) is 0.485. The first-order valence-electron chi connectivity index (χ1n) is 9.45. The van der Waals surface area contributed by atoms with Crippen LogP contribution in [0, 0.1) is 6.92 Å². The molecule has 0 bridgehead atoms. The maximum atomic E-state index is 12.9. The highest BCUT2D eigenvalue weighted by Crippen LogP contribution is 2.31. The highest BCUT2D eigenvalue weighted by molar-refractivity contribution is 5.98. The summed E-state index contributed by atoms with van der Waals surface area (Å²) in [6.07, 6.45) is 0. The lowest BCUT2D eigenvalue weighted by molar-refractivity contribution is -0.128. The van der Waals surface area contributed by atoms with Gasteiger partial charge < -0.3 is 14.5 Å². The van der Waals surface area contributed by atoms with Crippen LogP contribution >= 0.6 is 0 Å². The van der Waals surface area contributed by atoms with Gasteiger partial charge in [0.1, 0.15) is 11.3 Å². The Labute approximate surface area is 169 Å². The maximum absolute atomic E-state index is 12.9. The summed E-state index contributed by atoms with van der Waals surface area (Å²) in [4.78, 5) is 17.5. The summed E-state index contributed by atoms with van der Waals surface area (Å²) in [5, 5.41) is 2.98. The molecule has 0 atom stereocenters. The number of rotatable bonds is 5. The Morgan fingerprint density at radius 2 is 1.69 bits per heavy atom. The van der Waals surface area contributed by atoms with Gasteiger partial charge in [-0.1, -0.05) is 36.4 Å². The van der Waals surface area contributed by atoms with Gasteiger partial charge in [0.15, 0.2) is 11.2 Å². The van der Waals surface area contributed by atoms with E-state index in [1.54, 1.807) is 13.8 Å². The van der Waals surface area contributed by atoms with Crippen LogP contribution in [0.25, 0.3) is 22.6 Å². The summed E-state index contributed by atoms with van der Waals surface area (Å²) in [6.45, 7) is 5.43. The molecule has 0 aliphatic rings. The van der Waals surface area contributed by atoms with E-state index in [-0.39, 0.29) is 5.91 Å². The van der Waals surface area contributed by atoms with Crippen molar-refractivity contribution in [3.8, 4) is 17.2 Å². The van der Waals surface area contributed by atoms with Crippen molar-refractivity contribution in [3.05, 3.63) is 78.4 Å². The molecule has 4 aromatic rings. The molecule has 1 aromatic heterocycles. The lowest BCUT2D eigenvalue weighted by Crippen LogP contribution is -2.42. The van der Waals surface area contributed by atoms with Crippen molar-refractivity contribution in [2.24, 2.45) is 0 Å². The van der Waals surface area contributed by atoms with E-state index < -0.39 is 5.60 Å². The predicted molar refractivity (Wildman–Crippen MR) is 114 cm³/mol. The monoisotopic (exact) mass is 386 g/mol. The Morgan fingerprint density at radius 3 is 2.45 bits per heavy atom. The van der Waals surface area contributed by atoms with Crippen LogP contribution < -0.4 is 10.1 Å². The second kappa shape index (κ2) is 7.43. The SMILES string of the molecule is Cc1c(NC(=O)C(C)(C)Oc2ccccc2)cccc1-c1nc2ccccc2o1. The van der Waals surface area contributed by atoms with Crippen LogP contribution in [0.15, 0.2) is 77.2 Å². The number of hydrogen-bond donors (Lipinski definition) is 1. The smallest absolute Gasteiger partial charge is 0.267 e. The molecule has 0 aliphatic carbocycles. The number of nitrogens with one attached hydrogen (secondary N) is 1. The number of fused-ring (bicyclic) bond motifs is 1. The second-order valence-corrected chi connectivity index (χ2v) is 7.34. The molecular formula is C24H22N2O3. The minimum Gasteiger partial charge on any atom is -0.478 e. The number of benzene rings is 3. The van der Waals surface area contributed by atoms with E-state index in [0.29, 0.717) is 17.3 Å². The summed E-state index contributed by atoms with van der Waals surface area (Å²) < 4.78 is 11.8. The summed E-state index contributed by atoms with van der Waals surface area (Å²) in [7, 11) is 0. The number of carbonyl (C=O) groups is 1. The molecule has 0 unspecified atom stereocenters. The zero-order valence-electron chi connectivity index (χ0n) is 16.6. The van der Waals surface area contributed by atoms with Gasteiger partial charge in [0.2, 0.25) is 5.89 Å². The van der Waals surface area contributed by atoms with Crippen molar-refractivity contribution in [3.63, 3.8) is 0 Å². The fourth-order valence-corrected chi connectivity index (χ4v) is 3.09. The van der Waals surface area contributed by atoms with E-state index in [2.05, 4.69) is 10.3 Å². The van der Waals surface area contributed by atoms with Gasteiger partial charge in [0, 0.05) is 11.3 Å². The molecule has 3 aromatic carbocycles. The molecular weight excluding hydrogens is 364 g/mol. The van der Waals surface area contributed by atoms with Gasteiger partial charge >= 0.3 is 0 Å². The Balaban J connectivity index is 1.59. The Bertz CT molecular complexity index is 1130. The molecule has 4 rings (SSSR count). The fraction of sp³-hybridized carbons (Fsp3) is 0.167. The van der Waals surface area contributed by atoms with E-state index >= 15 is 0 Å². The number of hydrogen-bond acceptors (Lipinski definition) is 4. The van der Waals surface area contributed by atoms with Crippen molar-refractivity contribution in [2.75, 3.05) is 5.32 Å². The van der Waals surface area contributed by atoms with Gasteiger partial charge in [-0.05, 0) is 62.7 Å². The van der Waals surface area contributed by atoms with Crippen molar-refractivity contribution in [1.82, 2.24) is 4.98 Å². The van der Waals surface area contributed by atoms with Gasteiger partial charge in [-0.25, -0.2) is 4.98 Å². The molecule has 0 aliphatic heterocycles. The van der Waals surface area contributed by atoms with Crippen LogP contribution in [-0.4, -0.2) is 16.5 Å². The standard InChI is InChI=1S/C24H22N2O3/c1-16-18(22-25-20-13-7-8-15-21(20)28-22)12-9-14-19(16)26-23(27)24(2,3)29-17-10-5-4-6-11-17/h4-15H,1-3H3,(H,26,27). The van der Waals surface area contributed by atoms with Crippen molar-refractivity contribution >= 4 is 22.7 Å². The summed E-state index contributed by atoms with van der Waals surface area (Å²) >= 11 is 0. The van der Waals surface area contributed by atoms with Gasteiger partial charge in [-0.15, -0.1) is 0 Å².